The second-order valence-electron chi connectivity index (χ2n) is 12.9. The number of aliphatic carboxylic acids is 1. The van der Waals surface area contributed by atoms with Crippen LogP contribution in [0, 0.1) is 0 Å². The second kappa shape index (κ2) is 13.0. The van der Waals surface area contributed by atoms with Crippen LogP contribution in [0.1, 0.15) is 62.8 Å². The number of nitrogens with one attached hydrogen (secondary N) is 1. The van der Waals surface area contributed by atoms with Crippen LogP contribution in [-0.2, 0) is 19.0 Å². The van der Waals surface area contributed by atoms with Gasteiger partial charge in [0.1, 0.15) is 29.3 Å². The van der Waals surface area contributed by atoms with Gasteiger partial charge in [-0.1, -0.05) is 6.42 Å². The van der Waals surface area contributed by atoms with E-state index in [1.165, 1.54) is 11.0 Å². The number of carbonyl (C=O) groups is 1. The number of morpholine rings is 1. The number of H-pyrrole nitrogens is 1. The fourth-order valence-corrected chi connectivity index (χ4v) is 7.39. The molecule has 1 saturated carbocycles. The first-order valence-corrected chi connectivity index (χ1v) is 16.2. The Kier molecular flexibility index (Phi) is 8.75. The van der Waals surface area contributed by atoms with Gasteiger partial charge in [-0.15, -0.1) is 0 Å². The van der Waals surface area contributed by atoms with E-state index in [-0.39, 0.29) is 36.6 Å². The van der Waals surface area contributed by atoms with Crippen molar-refractivity contribution in [2.75, 3.05) is 49.8 Å². The maximum Gasteiger partial charge on any atom is 0.326 e. The van der Waals surface area contributed by atoms with Gasteiger partial charge in [0.05, 0.1) is 49.9 Å². The molecule has 0 bridgehead atoms. The van der Waals surface area contributed by atoms with E-state index in [1.54, 1.807) is 25.4 Å². The van der Waals surface area contributed by atoms with Crippen LogP contribution in [0.2, 0.25) is 0 Å². The summed E-state index contributed by atoms with van der Waals surface area (Å²) in [6.07, 6.45) is 4.36. The first-order valence-electron chi connectivity index (χ1n) is 16.2. The van der Waals surface area contributed by atoms with E-state index in [9.17, 15) is 18.7 Å². The van der Waals surface area contributed by atoms with E-state index in [2.05, 4.69) is 32.8 Å². The fourth-order valence-electron chi connectivity index (χ4n) is 7.39. The minimum Gasteiger partial charge on any atom is -0.480 e. The molecule has 1 spiro atoms. The van der Waals surface area contributed by atoms with Crippen LogP contribution in [0.3, 0.4) is 0 Å². The molecular weight excluding hydrogens is 614 g/mol. The number of hydrogen-bond acceptors (Lipinski definition) is 10. The van der Waals surface area contributed by atoms with Crippen molar-refractivity contribution < 1.29 is 37.6 Å². The lowest BCUT2D eigenvalue weighted by Gasteiger charge is -2.53. The monoisotopic (exact) mass is 654 g/mol. The maximum atomic E-state index is 13.9. The molecule has 1 unspecified atom stereocenters. The SMILES string of the molecule is CO[C@H]1CCCC(c2cnc(O[C@H]3C[C@@H](C(=O)O)N(c4cc(-c5ccc[nH]5)nc(C(F)F)n4)C3)c(N3CCOC4(COC4)[C@@H]3C)c2)C1. The molecule has 5 atom stereocenters. The van der Waals surface area contributed by atoms with E-state index >= 15 is 0 Å². The molecule has 6 heterocycles. The molecule has 2 N–H and O–H groups in total. The summed E-state index contributed by atoms with van der Waals surface area (Å²) < 4.78 is 51.8. The van der Waals surface area contributed by atoms with Crippen molar-refractivity contribution in [1.29, 1.82) is 0 Å². The van der Waals surface area contributed by atoms with E-state index < -0.39 is 36.0 Å². The highest BCUT2D eigenvalue weighted by Crippen LogP contribution is 2.42. The van der Waals surface area contributed by atoms with Gasteiger partial charge in [-0.2, -0.15) is 0 Å². The number of pyridine rings is 1. The molecule has 0 radical (unpaired) electrons. The lowest BCUT2D eigenvalue weighted by Crippen LogP contribution is -2.68. The first kappa shape index (κ1) is 31.7. The van der Waals surface area contributed by atoms with Crippen LogP contribution in [0.4, 0.5) is 20.3 Å². The molecular formula is C33H40F2N6O6. The van der Waals surface area contributed by atoms with Crippen molar-refractivity contribution in [1.82, 2.24) is 19.9 Å². The van der Waals surface area contributed by atoms with Crippen LogP contribution in [0.25, 0.3) is 11.4 Å². The minimum absolute atomic E-state index is 0.0190. The summed E-state index contributed by atoms with van der Waals surface area (Å²) >= 11 is 0. The minimum atomic E-state index is -2.94. The number of aromatic nitrogens is 4. The first-order chi connectivity index (χ1) is 22.7. The van der Waals surface area contributed by atoms with E-state index in [0.29, 0.717) is 43.9 Å². The molecule has 3 saturated heterocycles. The van der Waals surface area contributed by atoms with Gasteiger partial charge in [-0.3, -0.25) is 0 Å². The number of carboxylic acid groups (broad SMARTS) is 1. The number of halogens is 2. The van der Waals surface area contributed by atoms with Gasteiger partial charge < -0.3 is 38.8 Å². The van der Waals surface area contributed by atoms with Crippen molar-refractivity contribution in [3.63, 3.8) is 0 Å². The molecule has 252 valence electrons. The van der Waals surface area contributed by atoms with Crippen molar-refractivity contribution in [2.45, 2.75) is 81.3 Å². The van der Waals surface area contributed by atoms with E-state index in [1.807, 2.05) is 6.20 Å². The van der Waals surface area contributed by atoms with Gasteiger partial charge in [-0.25, -0.2) is 28.5 Å². The van der Waals surface area contributed by atoms with Gasteiger partial charge >= 0.3 is 5.97 Å². The van der Waals surface area contributed by atoms with Crippen molar-refractivity contribution >= 4 is 17.5 Å². The highest BCUT2D eigenvalue weighted by molar-refractivity contribution is 5.79. The number of rotatable bonds is 9. The fraction of sp³-hybridized carbons (Fsp3) is 0.576. The Morgan fingerprint density at radius 3 is 2.72 bits per heavy atom. The normalized spacial score (nSPS) is 27.3. The zero-order chi connectivity index (χ0) is 32.7. The summed E-state index contributed by atoms with van der Waals surface area (Å²) in [6, 6.07) is 6.05. The third-order valence-electron chi connectivity index (χ3n) is 10.2. The Labute approximate surface area is 271 Å². The smallest absolute Gasteiger partial charge is 0.326 e. The number of hydrogen-bond donors (Lipinski definition) is 2. The lowest BCUT2D eigenvalue weighted by atomic mass is 9.83. The molecule has 0 amide bonds. The van der Waals surface area contributed by atoms with Crippen molar-refractivity contribution in [3.8, 4) is 17.3 Å². The summed E-state index contributed by atoms with van der Waals surface area (Å²) in [4.78, 5) is 32.2. The Balaban J connectivity index is 1.20. The predicted molar refractivity (Wildman–Crippen MR) is 167 cm³/mol. The molecule has 0 aromatic carbocycles. The number of aromatic amines is 1. The van der Waals surface area contributed by atoms with Gasteiger partial charge in [0.25, 0.3) is 6.43 Å². The Morgan fingerprint density at radius 1 is 1.17 bits per heavy atom. The van der Waals surface area contributed by atoms with Crippen LogP contribution in [-0.4, -0.2) is 101 Å². The van der Waals surface area contributed by atoms with Crippen molar-refractivity contribution in [2.24, 2.45) is 0 Å². The van der Waals surface area contributed by atoms with Gasteiger partial charge in [0.15, 0.2) is 5.82 Å². The van der Waals surface area contributed by atoms with Crippen molar-refractivity contribution in [3.05, 3.63) is 48.0 Å². The topological polar surface area (TPSA) is 135 Å². The molecule has 14 heteroatoms. The highest BCUT2D eigenvalue weighted by atomic mass is 19.3. The standard InChI is InChI=1S/C33H40F2N6O6/c1-19-33(17-45-18-33)46-10-9-40(19)26-12-21(20-5-3-6-22(11-20)44-2)15-37-31(26)47-23-13-27(32(42)43)41(16-23)28-14-25(24-7-4-8-36-24)38-30(39-28)29(34)35/h4,7-8,12,14-15,19-20,22-23,27,29,36H,3,5-6,9-11,13,16-18H2,1-2H3,(H,42,43)/t19-,20?,22-,23-,27-/m0/s1. The largest absolute Gasteiger partial charge is 0.480 e. The summed E-state index contributed by atoms with van der Waals surface area (Å²) in [5.74, 6) is -0.984. The zero-order valence-electron chi connectivity index (χ0n) is 26.5. The summed E-state index contributed by atoms with van der Waals surface area (Å²) in [7, 11) is 1.76. The van der Waals surface area contributed by atoms with Gasteiger partial charge in [0.2, 0.25) is 5.88 Å². The number of ether oxygens (including phenoxy) is 4. The lowest BCUT2D eigenvalue weighted by molar-refractivity contribution is -0.228. The zero-order valence-corrected chi connectivity index (χ0v) is 26.5. The van der Waals surface area contributed by atoms with Gasteiger partial charge in [-0.05, 0) is 55.9 Å². The summed E-state index contributed by atoms with van der Waals surface area (Å²) in [5.41, 5.74) is 2.29. The molecule has 3 aromatic rings. The van der Waals surface area contributed by atoms with Crippen LogP contribution in [0.5, 0.6) is 5.88 Å². The summed E-state index contributed by atoms with van der Waals surface area (Å²) in [5, 5.41) is 10.2. The molecule has 4 fully saturated rings. The quantitative estimate of drug-likeness (QED) is 0.336. The Morgan fingerprint density at radius 2 is 2.02 bits per heavy atom. The Hall–Kier alpha value is -3.88. The number of carboxylic acids is 1. The molecule has 4 aliphatic rings. The van der Waals surface area contributed by atoms with Crippen LogP contribution >= 0.6 is 0 Å². The van der Waals surface area contributed by atoms with E-state index in [0.717, 1.165) is 36.9 Å². The maximum absolute atomic E-state index is 13.9. The number of methoxy groups -OCH3 is 1. The highest BCUT2D eigenvalue weighted by Gasteiger charge is 2.50. The average Bonchev–Trinajstić information content (AvgIpc) is 3.76. The average molecular weight is 655 g/mol. The Bertz CT molecular complexity index is 1570. The van der Waals surface area contributed by atoms with Crippen LogP contribution < -0.4 is 14.5 Å². The number of alkyl halides is 2. The molecule has 1 aliphatic carbocycles. The molecule has 47 heavy (non-hydrogen) atoms. The van der Waals surface area contributed by atoms with Gasteiger partial charge in [0, 0.05) is 38.5 Å². The molecule has 3 aromatic heterocycles. The summed E-state index contributed by atoms with van der Waals surface area (Å²) in [6.45, 7) is 4.40. The molecule has 12 nitrogen and oxygen atoms in total. The molecule has 7 rings (SSSR count). The predicted octanol–water partition coefficient (Wildman–Crippen LogP) is 4.58. The van der Waals surface area contributed by atoms with E-state index in [4.69, 9.17) is 23.9 Å². The van der Waals surface area contributed by atoms with Crippen LogP contribution in [0.15, 0.2) is 36.7 Å². The third kappa shape index (κ3) is 6.14. The number of nitrogens with zero attached hydrogens (tertiary/aromatic N) is 5. The number of anilines is 2. The molecule has 3 aliphatic heterocycles. The second-order valence-corrected chi connectivity index (χ2v) is 12.9. The third-order valence-corrected chi connectivity index (χ3v) is 10.2.